The third-order valence-electron chi connectivity index (χ3n) is 10.6. The molecule has 0 bridgehead atoms. The van der Waals surface area contributed by atoms with Gasteiger partial charge in [0.05, 0.1) is 36.3 Å². The minimum absolute atomic E-state index is 0.363. The van der Waals surface area contributed by atoms with Crippen LogP contribution in [0.1, 0.15) is 77.0 Å². The van der Waals surface area contributed by atoms with Gasteiger partial charge in [0.15, 0.2) is 10.3 Å². The standard InChI is InChI=1S/C24H28ClN5O2S.C23H26ClN5OS/c1-31-19-14-13-17(15-18(19)25)27-23-28-22(26-16-9-5-3-4-6-10-16)29-24(30-23)33-21-12-8-7-11-20(21)32-2;1-30-20-14-13-17(15-19(20)24)26-22-27-21(25-16-9-5-2-3-6-10-16)28-23(29-22)31-18-11-7-4-8-12-18/h7-8,11-16H,3-6,9-10H2,1-2H3,(H2,26,27,28,29,30);4,7-8,11-16H,2-3,5-6,9-10H2,1H3,(H2,25,26,27,28,29). The minimum atomic E-state index is 0.363. The van der Waals surface area contributed by atoms with Gasteiger partial charge < -0.3 is 35.5 Å². The van der Waals surface area contributed by atoms with E-state index in [0.717, 1.165) is 52.6 Å². The summed E-state index contributed by atoms with van der Waals surface area (Å²) in [5.74, 6) is 4.10. The van der Waals surface area contributed by atoms with E-state index in [9.17, 15) is 0 Å². The Balaban J connectivity index is 0.000000192. The molecule has 13 nitrogen and oxygen atoms in total. The van der Waals surface area contributed by atoms with E-state index in [-0.39, 0.29) is 0 Å². The summed E-state index contributed by atoms with van der Waals surface area (Å²) in [6, 6.07) is 29.6. The third kappa shape index (κ3) is 14.1. The molecule has 0 spiro atoms. The van der Waals surface area contributed by atoms with Gasteiger partial charge in [0.25, 0.3) is 0 Å². The van der Waals surface area contributed by atoms with Crippen LogP contribution in [0.5, 0.6) is 17.2 Å². The number of hydrogen-bond donors (Lipinski definition) is 4. The number of para-hydroxylation sites is 1. The molecule has 336 valence electrons. The van der Waals surface area contributed by atoms with Gasteiger partial charge in [0.2, 0.25) is 23.8 Å². The Hall–Kier alpha value is -5.22. The lowest BCUT2D eigenvalue weighted by molar-refractivity contribution is 0.405. The molecule has 17 heteroatoms. The lowest BCUT2D eigenvalue weighted by atomic mass is 10.1. The second-order valence-corrected chi connectivity index (χ2v) is 18.2. The molecule has 2 fully saturated rings. The van der Waals surface area contributed by atoms with Crippen LogP contribution in [0.2, 0.25) is 10.0 Å². The van der Waals surface area contributed by atoms with Gasteiger partial charge in [-0.3, -0.25) is 0 Å². The Morgan fingerprint density at radius 2 is 0.906 bits per heavy atom. The highest BCUT2D eigenvalue weighted by Gasteiger charge is 2.18. The maximum atomic E-state index is 6.29. The molecule has 2 saturated carbocycles. The van der Waals surface area contributed by atoms with Gasteiger partial charge in [-0.25, -0.2) is 0 Å². The van der Waals surface area contributed by atoms with Crippen LogP contribution in [-0.2, 0) is 0 Å². The summed E-state index contributed by atoms with van der Waals surface area (Å²) in [6.07, 6.45) is 14.6. The van der Waals surface area contributed by atoms with Gasteiger partial charge in [-0.15, -0.1) is 0 Å². The molecule has 64 heavy (non-hydrogen) atoms. The second-order valence-electron chi connectivity index (χ2n) is 15.3. The molecule has 0 atom stereocenters. The van der Waals surface area contributed by atoms with Crippen LogP contribution in [0.15, 0.2) is 111 Å². The number of hydrogen-bond acceptors (Lipinski definition) is 15. The van der Waals surface area contributed by atoms with Crippen molar-refractivity contribution in [2.24, 2.45) is 0 Å². The van der Waals surface area contributed by atoms with Crippen molar-refractivity contribution in [3.05, 3.63) is 101 Å². The predicted molar refractivity (Wildman–Crippen MR) is 260 cm³/mol. The van der Waals surface area contributed by atoms with E-state index in [2.05, 4.69) is 46.2 Å². The molecular formula is C47H54Cl2N10O3S2. The van der Waals surface area contributed by atoms with E-state index in [0.29, 0.717) is 67.7 Å². The van der Waals surface area contributed by atoms with Gasteiger partial charge in [-0.2, -0.15) is 29.9 Å². The predicted octanol–water partition coefficient (Wildman–Crippen LogP) is 13.1. The number of aromatic nitrogens is 6. The van der Waals surface area contributed by atoms with E-state index >= 15 is 0 Å². The summed E-state index contributed by atoms with van der Waals surface area (Å²) >= 11 is 15.5. The summed E-state index contributed by atoms with van der Waals surface area (Å²) in [7, 11) is 4.85. The van der Waals surface area contributed by atoms with Crippen molar-refractivity contribution >= 4 is 81.9 Å². The van der Waals surface area contributed by atoms with Crippen molar-refractivity contribution < 1.29 is 14.2 Å². The van der Waals surface area contributed by atoms with Crippen LogP contribution in [-0.4, -0.2) is 63.3 Å². The molecule has 2 aliphatic carbocycles. The van der Waals surface area contributed by atoms with Crippen LogP contribution in [0.4, 0.5) is 35.2 Å². The molecule has 0 amide bonds. The fourth-order valence-corrected chi connectivity index (χ4v) is 9.54. The fourth-order valence-electron chi connectivity index (χ4n) is 7.40. The quantitative estimate of drug-likeness (QED) is 0.0722. The Bertz CT molecular complexity index is 2410. The summed E-state index contributed by atoms with van der Waals surface area (Å²) in [6.45, 7) is 0. The Labute approximate surface area is 394 Å². The van der Waals surface area contributed by atoms with E-state index in [4.69, 9.17) is 42.4 Å². The van der Waals surface area contributed by atoms with Crippen molar-refractivity contribution in [2.75, 3.05) is 42.6 Å². The van der Waals surface area contributed by atoms with Crippen LogP contribution in [0.25, 0.3) is 0 Å². The number of methoxy groups -OCH3 is 3. The normalized spacial score (nSPS) is 14.5. The highest BCUT2D eigenvalue weighted by molar-refractivity contribution is 7.99. The van der Waals surface area contributed by atoms with Crippen LogP contribution >= 0.6 is 46.7 Å². The van der Waals surface area contributed by atoms with Gasteiger partial charge in [0, 0.05) is 28.4 Å². The Kier molecular flexibility index (Phi) is 17.7. The van der Waals surface area contributed by atoms with Crippen LogP contribution in [0.3, 0.4) is 0 Å². The van der Waals surface area contributed by atoms with Gasteiger partial charge in [-0.1, -0.05) is 105 Å². The first-order valence-corrected chi connectivity index (χ1v) is 24.0. The topological polar surface area (TPSA) is 153 Å². The molecule has 2 aromatic heterocycles. The lowest BCUT2D eigenvalue weighted by Crippen LogP contribution is -2.20. The summed E-state index contributed by atoms with van der Waals surface area (Å²) < 4.78 is 16.0. The lowest BCUT2D eigenvalue weighted by Gasteiger charge is -2.17. The number of rotatable bonds is 15. The van der Waals surface area contributed by atoms with Crippen molar-refractivity contribution in [3.8, 4) is 17.2 Å². The van der Waals surface area contributed by atoms with Gasteiger partial charge in [0.1, 0.15) is 17.2 Å². The first-order valence-electron chi connectivity index (χ1n) is 21.6. The molecule has 0 aliphatic heterocycles. The SMILES string of the molecule is COc1ccc(Nc2nc(NC3CCCCCC3)nc(Sc3ccccc3)n2)cc1Cl.COc1ccc(Nc2nc(NC3CCCCCC3)nc(Sc3ccccc3OC)n2)cc1Cl. The maximum Gasteiger partial charge on any atom is 0.233 e. The second kappa shape index (κ2) is 24.2. The number of anilines is 6. The molecule has 4 aromatic carbocycles. The first kappa shape index (κ1) is 46.8. The number of ether oxygens (including phenoxy) is 3. The fraction of sp³-hybridized carbons (Fsp3) is 0.362. The van der Waals surface area contributed by atoms with Gasteiger partial charge >= 0.3 is 0 Å². The van der Waals surface area contributed by atoms with Crippen molar-refractivity contribution in [3.63, 3.8) is 0 Å². The molecule has 8 rings (SSSR count). The van der Waals surface area contributed by atoms with Crippen molar-refractivity contribution in [1.82, 2.24) is 29.9 Å². The van der Waals surface area contributed by atoms with Crippen LogP contribution < -0.4 is 35.5 Å². The highest BCUT2D eigenvalue weighted by atomic mass is 35.5. The largest absolute Gasteiger partial charge is 0.496 e. The van der Waals surface area contributed by atoms with E-state index in [1.807, 2.05) is 72.8 Å². The average molecular weight is 942 g/mol. The maximum absolute atomic E-state index is 6.29. The molecule has 0 radical (unpaired) electrons. The van der Waals surface area contributed by atoms with E-state index < -0.39 is 0 Å². The Morgan fingerprint density at radius 3 is 1.38 bits per heavy atom. The molecule has 6 aromatic rings. The summed E-state index contributed by atoms with van der Waals surface area (Å²) in [5, 5.41) is 15.8. The molecular weight excluding hydrogens is 888 g/mol. The number of nitrogens with zero attached hydrogens (tertiary/aromatic N) is 6. The molecule has 4 N–H and O–H groups in total. The van der Waals surface area contributed by atoms with Crippen LogP contribution in [0, 0.1) is 0 Å². The summed E-state index contributed by atoms with van der Waals surface area (Å²) in [4.78, 5) is 29.9. The zero-order valence-corrected chi connectivity index (χ0v) is 39.4. The number of halogens is 2. The average Bonchev–Trinajstić information content (AvgIpc) is 3.72. The third-order valence-corrected chi connectivity index (χ3v) is 13.0. The molecule has 0 unspecified atom stereocenters. The highest BCUT2D eigenvalue weighted by Crippen LogP contribution is 2.35. The zero-order chi connectivity index (χ0) is 44.5. The van der Waals surface area contributed by atoms with E-state index in [1.165, 1.54) is 74.9 Å². The molecule has 2 heterocycles. The van der Waals surface area contributed by atoms with E-state index in [1.54, 1.807) is 39.5 Å². The molecule has 0 saturated heterocycles. The number of nitrogens with one attached hydrogen (secondary N) is 4. The Morgan fingerprint density at radius 1 is 0.469 bits per heavy atom. The van der Waals surface area contributed by atoms with Crippen molar-refractivity contribution in [2.45, 2.75) is 109 Å². The first-order chi connectivity index (χ1) is 31.3. The van der Waals surface area contributed by atoms with Gasteiger partial charge in [-0.05, 0) is 110 Å². The monoisotopic (exact) mass is 940 g/mol. The molecule has 2 aliphatic rings. The number of benzene rings is 4. The summed E-state index contributed by atoms with van der Waals surface area (Å²) in [5.41, 5.74) is 1.55. The zero-order valence-electron chi connectivity index (χ0n) is 36.3. The van der Waals surface area contributed by atoms with Crippen molar-refractivity contribution in [1.29, 1.82) is 0 Å². The smallest absolute Gasteiger partial charge is 0.233 e. The minimum Gasteiger partial charge on any atom is -0.496 e.